The zero-order valence-electron chi connectivity index (χ0n) is 16.2. The van der Waals surface area contributed by atoms with Crippen molar-refractivity contribution in [1.82, 2.24) is 14.8 Å². The molecule has 28 heavy (non-hydrogen) atoms. The van der Waals surface area contributed by atoms with Crippen molar-refractivity contribution in [2.75, 3.05) is 11.1 Å². The Labute approximate surface area is 169 Å². The number of carbonyl (C=O) groups is 1. The molecule has 0 atom stereocenters. The number of fused-ring (bicyclic) bond motifs is 1. The van der Waals surface area contributed by atoms with E-state index in [1.54, 1.807) is 0 Å². The van der Waals surface area contributed by atoms with Gasteiger partial charge in [-0.3, -0.25) is 4.79 Å². The van der Waals surface area contributed by atoms with Crippen LogP contribution in [-0.4, -0.2) is 26.4 Å². The van der Waals surface area contributed by atoms with Gasteiger partial charge in [-0.25, -0.2) is 0 Å². The van der Waals surface area contributed by atoms with Crippen LogP contribution in [0.2, 0.25) is 0 Å². The van der Waals surface area contributed by atoms with Crippen molar-refractivity contribution in [3.8, 4) is 0 Å². The fourth-order valence-electron chi connectivity index (χ4n) is 3.95. The van der Waals surface area contributed by atoms with Crippen LogP contribution in [-0.2, 0) is 18.3 Å². The second-order valence-corrected chi connectivity index (χ2v) is 8.47. The summed E-state index contributed by atoms with van der Waals surface area (Å²) in [5, 5.41) is 14.7. The molecule has 0 radical (unpaired) electrons. The number of nitrogens with zero attached hydrogens (tertiary/aromatic N) is 3. The largest absolute Gasteiger partial charge is 0.325 e. The van der Waals surface area contributed by atoms with Gasteiger partial charge >= 0.3 is 0 Å². The van der Waals surface area contributed by atoms with Crippen LogP contribution in [0.5, 0.6) is 0 Å². The minimum Gasteiger partial charge on any atom is -0.325 e. The van der Waals surface area contributed by atoms with Crippen LogP contribution in [0, 0.1) is 5.92 Å². The molecular weight excluding hydrogens is 368 g/mol. The van der Waals surface area contributed by atoms with Gasteiger partial charge in [0.05, 0.1) is 5.75 Å². The number of rotatable bonds is 6. The Hall–Kier alpha value is -2.34. The molecule has 146 valence electrons. The topological polar surface area (TPSA) is 59.8 Å². The predicted molar refractivity (Wildman–Crippen MR) is 115 cm³/mol. The third kappa shape index (κ3) is 4.38. The quantitative estimate of drug-likeness (QED) is 0.609. The van der Waals surface area contributed by atoms with Crippen LogP contribution in [0.4, 0.5) is 5.69 Å². The fourth-order valence-corrected chi connectivity index (χ4v) is 4.68. The van der Waals surface area contributed by atoms with Gasteiger partial charge in [0.2, 0.25) is 5.91 Å². The van der Waals surface area contributed by atoms with Gasteiger partial charge in [0, 0.05) is 24.5 Å². The lowest BCUT2D eigenvalue weighted by Crippen LogP contribution is -2.15. The van der Waals surface area contributed by atoms with Crippen molar-refractivity contribution in [2.45, 2.75) is 43.7 Å². The minimum absolute atomic E-state index is 0.0295. The maximum atomic E-state index is 12.5. The van der Waals surface area contributed by atoms with Gasteiger partial charge < -0.3 is 9.88 Å². The molecular formula is C22H26N4OS. The van der Waals surface area contributed by atoms with Gasteiger partial charge in [-0.1, -0.05) is 80.3 Å². The first-order valence-corrected chi connectivity index (χ1v) is 11.0. The molecule has 3 aromatic rings. The van der Waals surface area contributed by atoms with E-state index in [4.69, 9.17) is 0 Å². The molecule has 0 bridgehead atoms. The summed E-state index contributed by atoms with van der Waals surface area (Å²) < 4.78 is 2.05. The number of anilines is 1. The summed E-state index contributed by atoms with van der Waals surface area (Å²) in [6, 6.07) is 14.0. The van der Waals surface area contributed by atoms with Crippen molar-refractivity contribution in [1.29, 1.82) is 0 Å². The highest BCUT2D eigenvalue weighted by Crippen LogP contribution is 2.27. The Bertz CT molecular complexity index is 957. The zero-order valence-corrected chi connectivity index (χ0v) is 17.0. The maximum Gasteiger partial charge on any atom is 0.234 e. The Morgan fingerprint density at radius 2 is 1.89 bits per heavy atom. The normalized spacial score (nSPS) is 15.0. The molecule has 1 saturated carbocycles. The number of aromatic nitrogens is 3. The first-order valence-electron chi connectivity index (χ1n) is 9.99. The second-order valence-electron chi connectivity index (χ2n) is 7.53. The highest BCUT2D eigenvalue weighted by molar-refractivity contribution is 7.99. The van der Waals surface area contributed by atoms with Crippen molar-refractivity contribution in [3.63, 3.8) is 0 Å². The second kappa shape index (κ2) is 8.78. The van der Waals surface area contributed by atoms with Gasteiger partial charge in [-0.05, 0) is 17.4 Å². The molecule has 5 nitrogen and oxygen atoms in total. The molecule has 1 N–H and O–H groups in total. The Balaban J connectivity index is 1.36. The molecule has 4 rings (SSSR count). The average molecular weight is 395 g/mol. The van der Waals surface area contributed by atoms with E-state index in [-0.39, 0.29) is 5.91 Å². The van der Waals surface area contributed by atoms with E-state index in [1.165, 1.54) is 43.9 Å². The molecule has 0 saturated heterocycles. The monoisotopic (exact) mass is 394 g/mol. The van der Waals surface area contributed by atoms with Crippen LogP contribution in [0.15, 0.2) is 47.6 Å². The number of benzene rings is 2. The number of carbonyl (C=O) groups excluding carboxylic acids is 1. The predicted octanol–water partition coefficient (Wildman–Crippen LogP) is 4.82. The van der Waals surface area contributed by atoms with Crippen LogP contribution >= 0.6 is 11.8 Å². The number of hydrogen-bond donors (Lipinski definition) is 1. The summed E-state index contributed by atoms with van der Waals surface area (Å²) in [6.45, 7) is 0. The zero-order chi connectivity index (χ0) is 19.3. The Morgan fingerprint density at radius 1 is 1.11 bits per heavy atom. The van der Waals surface area contributed by atoms with Crippen molar-refractivity contribution >= 4 is 34.1 Å². The highest BCUT2D eigenvalue weighted by Gasteiger charge is 2.18. The van der Waals surface area contributed by atoms with E-state index >= 15 is 0 Å². The van der Waals surface area contributed by atoms with Gasteiger partial charge in [0.15, 0.2) is 5.16 Å². The van der Waals surface area contributed by atoms with Crippen LogP contribution in [0.1, 0.15) is 37.9 Å². The van der Waals surface area contributed by atoms with Crippen molar-refractivity contribution in [3.05, 3.63) is 48.3 Å². The summed E-state index contributed by atoms with van der Waals surface area (Å²) in [5.74, 6) is 2.05. The number of amides is 1. The lowest BCUT2D eigenvalue weighted by molar-refractivity contribution is -0.113. The Morgan fingerprint density at radius 3 is 2.75 bits per heavy atom. The van der Waals surface area contributed by atoms with Gasteiger partial charge in [0.25, 0.3) is 0 Å². The van der Waals surface area contributed by atoms with Crippen LogP contribution in [0.25, 0.3) is 10.8 Å². The maximum absolute atomic E-state index is 12.5. The molecule has 1 aliphatic carbocycles. The summed E-state index contributed by atoms with van der Waals surface area (Å²) >= 11 is 1.44. The third-order valence-electron chi connectivity index (χ3n) is 5.52. The summed E-state index contributed by atoms with van der Waals surface area (Å²) in [7, 11) is 2.00. The fraction of sp³-hybridized carbons (Fsp3) is 0.409. The minimum atomic E-state index is -0.0295. The molecule has 0 spiro atoms. The van der Waals surface area contributed by atoms with Gasteiger partial charge in [-0.15, -0.1) is 10.2 Å². The SMILES string of the molecule is Cn1c(CC2CCCCC2)nnc1SCC(=O)Nc1cccc2ccccc12. The summed E-state index contributed by atoms with van der Waals surface area (Å²) in [5.41, 5.74) is 0.847. The standard InChI is InChI=1S/C22H26N4OS/c1-26-20(14-16-8-3-2-4-9-16)24-25-22(26)28-15-21(27)23-19-13-7-11-17-10-5-6-12-18(17)19/h5-7,10-13,16H,2-4,8-9,14-15H2,1H3,(H,23,27). The molecule has 2 aromatic carbocycles. The number of hydrogen-bond acceptors (Lipinski definition) is 4. The molecule has 1 aliphatic rings. The van der Waals surface area contributed by atoms with Gasteiger partial charge in [0.1, 0.15) is 5.82 Å². The molecule has 1 fully saturated rings. The first-order chi connectivity index (χ1) is 13.7. The third-order valence-corrected chi connectivity index (χ3v) is 6.54. The van der Waals surface area contributed by atoms with Crippen LogP contribution in [0.3, 0.4) is 0 Å². The summed E-state index contributed by atoms with van der Waals surface area (Å²) in [6.07, 6.45) is 7.61. The van der Waals surface area contributed by atoms with E-state index < -0.39 is 0 Å². The lowest BCUT2D eigenvalue weighted by Gasteiger charge is -2.20. The lowest BCUT2D eigenvalue weighted by atomic mass is 9.87. The van der Waals surface area contributed by atoms with Gasteiger partial charge in [-0.2, -0.15) is 0 Å². The smallest absolute Gasteiger partial charge is 0.234 e. The van der Waals surface area contributed by atoms with Crippen LogP contribution < -0.4 is 5.32 Å². The molecule has 6 heteroatoms. The highest BCUT2D eigenvalue weighted by atomic mass is 32.2. The Kier molecular flexibility index (Phi) is 5.95. The van der Waals surface area contributed by atoms with E-state index in [2.05, 4.69) is 15.5 Å². The average Bonchev–Trinajstić information content (AvgIpc) is 3.07. The summed E-state index contributed by atoms with van der Waals surface area (Å²) in [4.78, 5) is 12.5. The van der Waals surface area contributed by atoms with Crippen molar-refractivity contribution < 1.29 is 4.79 Å². The van der Waals surface area contributed by atoms with E-state index in [1.807, 2.05) is 54.1 Å². The molecule has 0 unspecified atom stereocenters. The van der Waals surface area contributed by atoms with E-state index in [0.717, 1.165) is 39.8 Å². The first kappa shape index (κ1) is 19.0. The van der Waals surface area contributed by atoms with E-state index in [0.29, 0.717) is 5.75 Å². The molecule has 1 heterocycles. The molecule has 1 aromatic heterocycles. The van der Waals surface area contributed by atoms with Crippen molar-refractivity contribution in [2.24, 2.45) is 13.0 Å². The number of thioether (sulfide) groups is 1. The molecule has 0 aliphatic heterocycles. The molecule has 1 amide bonds. The van der Waals surface area contributed by atoms with E-state index in [9.17, 15) is 4.79 Å². The number of nitrogens with one attached hydrogen (secondary N) is 1.